The van der Waals surface area contributed by atoms with Crippen LogP contribution in [0.5, 0.6) is 0 Å². The van der Waals surface area contributed by atoms with Crippen LogP contribution in [0.1, 0.15) is 0 Å². The second kappa shape index (κ2) is 7.82. The van der Waals surface area contributed by atoms with Gasteiger partial charge in [0, 0.05) is 23.2 Å². The number of benzene rings is 2. The third-order valence-electron chi connectivity index (χ3n) is 3.68. The van der Waals surface area contributed by atoms with Gasteiger partial charge in [-0.05, 0) is 30.3 Å². The first-order chi connectivity index (χ1) is 12.5. The lowest BCUT2D eigenvalue weighted by molar-refractivity contribution is 0.549. The minimum Gasteiger partial charge on any atom is -0.268 e. The molecule has 134 valence electrons. The van der Waals surface area contributed by atoms with Crippen LogP contribution in [-0.4, -0.2) is 24.7 Å². The van der Waals surface area contributed by atoms with Crippen LogP contribution >= 0.6 is 11.6 Å². The molecule has 0 atom stereocenters. The van der Waals surface area contributed by atoms with E-state index >= 15 is 0 Å². The quantitative estimate of drug-likeness (QED) is 0.702. The number of hydrogen-bond donors (Lipinski definition) is 1. The first-order valence-corrected chi connectivity index (χ1v) is 9.71. The van der Waals surface area contributed by atoms with Gasteiger partial charge in [-0.15, -0.1) is 0 Å². The van der Waals surface area contributed by atoms with Crippen LogP contribution in [0.4, 0.5) is 0 Å². The molecule has 2 aromatic carbocycles. The number of sulfonamides is 1. The Morgan fingerprint density at radius 3 is 2.35 bits per heavy atom. The molecule has 0 aliphatic heterocycles. The highest BCUT2D eigenvalue weighted by Gasteiger charge is 2.12. The van der Waals surface area contributed by atoms with Gasteiger partial charge in [-0.3, -0.25) is 4.79 Å². The summed E-state index contributed by atoms with van der Waals surface area (Å²) < 4.78 is 28.1. The van der Waals surface area contributed by atoms with Crippen molar-refractivity contribution >= 4 is 21.6 Å². The lowest BCUT2D eigenvalue weighted by atomic mass is 10.1. The first-order valence-electron chi connectivity index (χ1n) is 7.84. The van der Waals surface area contributed by atoms with E-state index in [1.54, 1.807) is 48.5 Å². The molecule has 0 radical (unpaired) electrons. The molecule has 0 fully saturated rings. The smallest absolute Gasteiger partial charge is 0.266 e. The molecular formula is C18H16ClN3O3S. The average molecular weight is 390 g/mol. The summed E-state index contributed by atoms with van der Waals surface area (Å²) in [5.74, 6) is 0. The van der Waals surface area contributed by atoms with Crippen molar-refractivity contribution in [1.29, 1.82) is 0 Å². The van der Waals surface area contributed by atoms with Gasteiger partial charge >= 0.3 is 0 Å². The van der Waals surface area contributed by atoms with E-state index in [1.165, 1.54) is 22.9 Å². The van der Waals surface area contributed by atoms with Crippen molar-refractivity contribution < 1.29 is 8.42 Å². The third-order valence-corrected chi connectivity index (χ3v) is 5.40. The van der Waals surface area contributed by atoms with Gasteiger partial charge in [0.1, 0.15) is 0 Å². The van der Waals surface area contributed by atoms with Crippen molar-refractivity contribution in [3.05, 3.63) is 82.1 Å². The minimum absolute atomic E-state index is 0.0498. The molecule has 0 saturated carbocycles. The second-order valence-electron chi connectivity index (χ2n) is 5.50. The standard InChI is InChI=1S/C18H16ClN3O3S/c19-15-8-6-14(7-9-15)17-10-11-18(23)22(21-17)13-12-20-26(24,25)16-4-2-1-3-5-16/h1-11,20H,12-13H2. The maximum atomic E-state index is 12.2. The summed E-state index contributed by atoms with van der Waals surface area (Å²) in [6.07, 6.45) is 0. The molecule has 3 aromatic rings. The molecule has 1 heterocycles. The molecule has 0 bridgehead atoms. The largest absolute Gasteiger partial charge is 0.268 e. The summed E-state index contributed by atoms with van der Waals surface area (Å²) in [5.41, 5.74) is 1.11. The van der Waals surface area contributed by atoms with E-state index in [0.717, 1.165) is 5.56 Å². The maximum absolute atomic E-state index is 12.2. The summed E-state index contributed by atoms with van der Waals surface area (Å²) >= 11 is 5.88. The Labute approximate surface area is 156 Å². The Bertz CT molecular complexity index is 1050. The topological polar surface area (TPSA) is 81.1 Å². The van der Waals surface area contributed by atoms with Crippen molar-refractivity contribution in [2.75, 3.05) is 6.54 Å². The van der Waals surface area contributed by atoms with E-state index in [0.29, 0.717) is 10.7 Å². The lowest BCUT2D eigenvalue weighted by Gasteiger charge is -2.09. The van der Waals surface area contributed by atoms with Crippen molar-refractivity contribution in [2.24, 2.45) is 0 Å². The van der Waals surface area contributed by atoms with Crippen LogP contribution in [0.15, 0.2) is 76.4 Å². The fourth-order valence-corrected chi connectivity index (χ4v) is 3.52. The van der Waals surface area contributed by atoms with Crippen LogP contribution < -0.4 is 10.3 Å². The molecule has 0 saturated heterocycles. The Hall–Kier alpha value is -2.48. The summed E-state index contributed by atoms with van der Waals surface area (Å²) in [6.45, 7) is 0.167. The Morgan fingerprint density at radius 2 is 1.65 bits per heavy atom. The highest BCUT2D eigenvalue weighted by atomic mass is 35.5. The molecule has 1 N–H and O–H groups in total. The van der Waals surface area contributed by atoms with Crippen LogP contribution in [0.2, 0.25) is 5.02 Å². The molecule has 0 amide bonds. The maximum Gasteiger partial charge on any atom is 0.266 e. The van der Waals surface area contributed by atoms with Crippen LogP contribution in [0, 0.1) is 0 Å². The molecule has 6 nitrogen and oxygen atoms in total. The van der Waals surface area contributed by atoms with Gasteiger partial charge in [0.2, 0.25) is 10.0 Å². The van der Waals surface area contributed by atoms with Crippen LogP contribution in [0.3, 0.4) is 0 Å². The normalized spacial score (nSPS) is 11.4. The number of nitrogens with zero attached hydrogens (tertiary/aromatic N) is 2. The summed E-state index contributed by atoms with van der Waals surface area (Å²) in [6, 6.07) is 18.2. The van der Waals surface area contributed by atoms with Crippen LogP contribution in [0.25, 0.3) is 11.3 Å². The van der Waals surface area contributed by atoms with Gasteiger partial charge in [0.25, 0.3) is 5.56 Å². The molecule has 3 rings (SSSR count). The van der Waals surface area contributed by atoms with Crippen molar-refractivity contribution in [3.63, 3.8) is 0 Å². The molecule has 0 unspecified atom stereocenters. The van der Waals surface area contributed by atoms with Gasteiger partial charge in [-0.25, -0.2) is 17.8 Å². The van der Waals surface area contributed by atoms with E-state index in [1.807, 2.05) is 0 Å². The molecule has 26 heavy (non-hydrogen) atoms. The Kier molecular flexibility index (Phi) is 5.51. The van der Waals surface area contributed by atoms with Crippen molar-refractivity contribution in [1.82, 2.24) is 14.5 Å². The van der Waals surface area contributed by atoms with E-state index in [2.05, 4.69) is 9.82 Å². The van der Waals surface area contributed by atoms with Gasteiger partial charge < -0.3 is 0 Å². The highest BCUT2D eigenvalue weighted by molar-refractivity contribution is 7.89. The average Bonchev–Trinajstić information content (AvgIpc) is 2.65. The minimum atomic E-state index is -3.62. The number of halogens is 1. The molecule has 0 aliphatic rings. The Balaban J connectivity index is 1.73. The van der Waals surface area contributed by atoms with Gasteiger partial charge in [-0.2, -0.15) is 5.10 Å². The molecular weight excluding hydrogens is 374 g/mol. The fraction of sp³-hybridized carbons (Fsp3) is 0.111. The third kappa shape index (κ3) is 4.37. The van der Waals surface area contributed by atoms with Gasteiger partial charge in [0.05, 0.1) is 17.1 Å². The van der Waals surface area contributed by atoms with E-state index in [9.17, 15) is 13.2 Å². The zero-order valence-electron chi connectivity index (χ0n) is 13.7. The predicted molar refractivity (Wildman–Crippen MR) is 101 cm³/mol. The zero-order chi connectivity index (χ0) is 18.6. The second-order valence-corrected chi connectivity index (χ2v) is 7.70. The SMILES string of the molecule is O=c1ccc(-c2ccc(Cl)cc2)nn1CCNS(=O)(=O)c1ccccc1. The number of aromatic nitrogens is 2. The van der Waals surface area contributed by atoms with Gasteiger partial charge in [0.15, 0.2) is 0 Å². The lowest BCUT2D eigenvalue weighted by Crippen LogP contribution is -2.32. The highest BCUT2D eigenvalue weighted by Crippen LogP contribution is 2.18. The van der Waals surface area contributed by atoms with Gasteiger partial charge in [-0.1, -0.05) is 41.9 Å². The van der Waals surface area contributed by atoms with E-state index in [4.69, 9.17) is 11.6 Å². The van der Waals surface area contributed by atoms with Crippen LogP contribution in [-0.2, 0) is 16.6 Å². The van der Waals surface area contributed by atoms with Crippen molar-refractivity contribution in [2.45, 2.75) is 11.4 Å². The number of hydrogen-bond acceptors (Lipinski definition) is 4. The molecule has 0 spiro atoms. The molecule has 1 aromatic heterocycles. The summed E-state index contributed by atoms with van der Waals surface area (Å²) in [4.78, 5) is 12.2. The first kappa shape index (κ1) is 18.3. The van der Waals surface area contributed by atoms with E-state index < -0.39 is 10.0 Å². The number of rotatable bonds is 6. The predicted octanol–water partition coefficient (Wildman–Crippen LogP) is 2.54. The number of nitrogens with one attached hydrogen (secondary N) is 1. The zero-order valence-corrected chi connectivity index (χ0v) is 15.2. The summed E-state index contributed by atoms with van der Waals surface area (Å²) in [5, 5.41) is 4.90. The summed E-state index contributed by atoms with van der Waals surface area (Å²) in [7, 11) is -3.62. The van der Waals surface area contributed by atoms with Crippen molar-refractivity contribution in [3.8, 4) is 11.3 Å². The Morgan fingerprint density at radius 1 is 0.962 bits per heavy atom. The molecule has 8 heteroatoms. The monoisotopic (exact) mass is 389 g/mol. The van der Waals surface area contributed by atoms with E-state index in [-0.39, 0.29) is 23.5 Å². The molecule has 0 aliphatic carbocycles. The fourth-order valence-electron chi connectivity index (χ4n) is 2.35.